The molecule has 2 amide bonds. The van der Waals surface area contributed by atoms with Crippen LogP contribution in [0.25, 0.3) is 0 Å². The number of hydrogen-bond donors (Lipinski definition) is 2. The highest BCUT2D eigenvalue weighted by Crippen LogP contribution is 2.32. The molecule has 2 N–H and O–H groups in total. The molecule has 5 nitrogen and oxygen atoms in total. The number of amides is 2. The van der Waals surface area contributed by atoms with Crippen molar-refractivity contribution in [2.24, 2.45) is 5.92 Å². The quantitative estimate of drug-likeness (QED) is 0.806. The number of nitrogens with one attached hydrogen (secondary N) is 1. The Morgan fingerprint density at radius 1 is 1.27 bits per heavy atom. The van der Waals surface area contributed by atoms with Crippen LogP contribution in [-0.2, 0) is 0 Å². The van der Waals surface area contributed by atoms with Crippen molar-refractivity contribution in [3.63, 3.8) is 0 Å². The highest BCUT2D eigenvalue weighted by molar-refractivity contribution is 5.73. The predicted octanol–water partition coefficient (Wildman–Crippen LogP) is 1.70. The molecule has 0 spiro atoms. The zero-order chi connectivity index (χ0) is 16.1. The van der Waals surface area contributed by atoms with Crippen LogP contribution in [-0.4, -0.2) is 61.3 Å². The molecule has 2 unspecified atom stereocenters. The number of aliphatic hydroxyl groups excluding tert-OH is 1. The summed E-state index contributed by atoms with van der Waals surface area (Å²) >= 11 is 0. The molecule has 1 fully saturated rings. The second kappa shape index (κ2) is 7.61. The minimum Gasteiger partial charge on any atom is -0.391 e. The molecule has 0 radical (unpaired) electrons. The van der Waals surface area contributed by atoms with Gasteiger partial charge in [0.25, 0.3) is 0 Å². The van der Waals surface area contributed by atoms with Crippen LogP contribution in [0.5, 0.6) is 0 Å². The van der Waals surface area contributed by atoms with Crippen molar-refractivity contribution in [1.82, 2.24) is 15.1 Å². The topological polar surface area (TPSA) is 55.8 Å². The van der Waals surface area contributed by atoms with E-state index in [1.54, 1.807) is 11.9 Å². The van der Waals surface area contributed by atoms with E-state index in [2.05, 4.69) is 22.3 Å². The Hall–Kier alpha value is -1.59. The molecular weight excluding hydrogens is 278 g/mol. The fraction of sp³-hybridized carbons (Fsp3) is 0.588. The number of carbonyl (C=O) groups is 1. The zero-order valence-corrected chi connectivity index (χ0v) is 13.7. The molecule has 1 aliphatic rings. The third-order valence-electron chi connectivity index (χ3n) is 4.23. The van der Waals surface area contributed by atoms with Gasteiger partial charge in [0, 0.05) is 20.1 Å². The number of benzene rings is 1. The van der Waals surface area contributed by atoms with Crippen molar-refractivity contribution < 1.29 is 9.90 Å². The van der Waals surface area contributed by atoms with Crippen molar-refractivity contribution >= 4 is 6.03 Å². The smallest absolute Gasteiger partial charge is 0.317 e. The van der Waals surface area contributed by atoms with Crippen molar-refractivity contribution in [3.05, 3.63) is 35.9 Å². The first-order valence-electron chi connectivity index (χ1n) is 7.87. The minimum absolute atomic E-state index is 0.131. The molecule has 5 heteroatoms. The molecule has 0 bridgehead atoms. The molecule has 0 saturated heterocycles. The van der Waals surface area contributed by atoms with Crippen LogP contribution < -0.4 is 5.32 Å². The van der Waals surface area contributed by atoms with Gasteiger partial charge in [0.05, 0.1) is 12.1 Å². The molecule has 1 aromatic carbocycles. The van der Waals surface area contributed by atoms with Crippen LogP contribution in [0, 0.1) is 5.92 Å². The number of likely N-dealkylation sites (N-methyl/N-ethyl adjacent to an activating group) is 2. The molecule has 0 aromatic heterocycles. The average Bonchev–Trinajstić information content (AvgIpc) is 3.32. The molecule has 122 valence electrons. The Bertz CT molecular complexity index is 474. The summed E-state index contributed by atoms with van der Waals surface area (Å²) < 4.78 is 0. The highest BCUT2D eigenvalue weighted by atomic mass is 16.3. The van der Waals surface area contributed by atoms with Gasteiger partial charge < -0.3 is 20.2 Å². The van der Waals surface area contributed by atoms with Gasteiger partial charge in [-0.15, -0.1) is 0 Å². The van der Waals surface area contributed by atoms with Crippen molar-refractivity contribution in [1.29, 1.82) is 0 Å². The molecular formula is C17H27N3O2. The maximum atomic E-state index is 12.2. The highest BCUT2D eigenvalue weighted by Gasteiger charge is 2.31. The van der Waals surface area contributed by atoms with E-state index in [0.29, 0.717) is 19.0 Å². The number of rotatable bonds is 7. The summed E-state index contributed by atoms with van der Waals surface area (Å²) in [5, 5.41) is 12.9. The van der Waals surface area contributed by atoms with Crippen LogP contribution in [0.3, 0.4) is 0 Å². The van der Waals surface area contributed by atoms with Gasteiger partial charge in [0.2, 0.25) is 0 Å². The van der Waals surface area contributed by atoms with E-state index in [1.165, 1.54) is 5.56 Å². The summed E-state index contributed by atoms with van der Waals surface area (Å²) in [6.07, 6.45) is 1.76. The lowest BCUT2D eigenvalue weighted by molar-refractivity contribution is 0.113. The van der Waals surface area contributed by atoms with Crippen molar-refractivity contribution in [2.45, 2.75) is 25.0 Å². The second-order valence-corrected chi connectivity index (χ2v) is 6.36. The van der Waals surface area contributed by atoms with Crippen molar-refractivity contribution in [2.75, 3.05) is 34.2 Å². The fourth-order valence-corrected chi connectivity index (χ4v) is 2.59. The van der Waals surface area contributed by atoms with Crippen LogP contribution in [0.2, 0.25) is 0 Å². The summed E-state index contributed by atoms with van der Waals surface area (Å²) in [6, 6.07) is 10.1. The lowest BCUT2D eigenvalue weighted by atomic mass is 10.1. The lowest BCUT2D eigenvalue weighted by Gasteiger charge is -2.27. The van der Waals surface area contributed by atoms with E-state index < -0.39 is 6.10 Å². The van der Waals surface area contributed by atoms with E-state index in [9.17, 15) is 9.90 Å². The molecule has 0 aliphatic heterocycles. The maximum Gasteiger partial charge on any atom is 0.317 e. The summed E-state index contributed by atoms with van der Waals surface area (Å²) in [7, 11) is 5.74. The van der Waals surface area contributed by atoms with E-state index in [1.807, 2.05) is 32.3 Å². The minimum atomic E-state index is -0.394. The van der Waals surface area contributed by atoms with Crippen LogP contribution >= 0.6 is 0 Å². The molecule has 0 heterocycles. The van der Waals surface area contributed by atoms with Gasteiger partial charge in [-0.2, -0.15) is 0 Å². The van der Waals surface area contributed by atoms with Crippen LogP contribution in [0.4, 0.5) is 4.79 Å². The van der Waals surface area contributed by atoms with E-state index in [4.69, 9.17) is 0 Å². The number of aliphatic hydroxyl groups is 1. The number of carbonyl (C=O) groups excluding carboxylic acids is 1. The maximum absolute atomic E-state index is 12.2. The van der Waals surface area contributed by atoms with Gasteiger partial charge in [-0.3, -0.25) is 0 Å². The summed E-state index contributed by atoms with van der Waals surface area (Å²) in [5.74, 6) is 0.383. The Morgan fingerprint density at radius 2 is 1.91 bits per heavy atom. The van der Waals surface area contributed by atoms with E-state index >= 15 is 0 Å². The molecule has 22 heavy (non-hydrogen) atoms. The Labute approximate surface area is 132 Å². The van der Waals surface area contributed by atoms with Gasteiger partial charge >= 0.3 is 6.03 Å². The lowest BCUT2D eigenvalue weighted by Crippen LogP contribution is -2.44. The van der Waals surface area contributed by atoms with Gasteiger partial charge in [0.1, 0.15) is 0 Å². The van der Waals surface area contributed by atoms with E-state index in [0.717, 1.165) is 12.8 Å². The largest absolute Gasteiger partial charge is 0.391 e. The monoisotopic (exact) mass is 305 g/mol. The Kier molecular flexibility index (Phi) is 5.80. The molecule has 1 aromatic rings. The fourth-order valence-electron chi connectivity index (χ4n) is 2.59. The van der Waals surface area contributed by atoms with Crippen molar-refractivity contribution in [3.8, 4) is 0 Å². The van der Waals surface area contributed by atoms with Gasteiger partial charge in [-0.05, 0) is 38.4 Å². The zero-order valence-electron chi connectivity index (χ0n) is 13.7. The average molecular weight is 305 g/mol. The number of hydrogen-bond acceptors (Lipinski definition) is 3. The first-order valence-corrected chi connectivity index (χ1v) is 7.87. The third kappa shape index (κ3) is 4.71. The molecule has 2 atom stereocenters. The predicted molar refractivity (Wildman–Crippen MR) is 87.6 cm³/mol. The summed E-state index contributed by atoms with van der Waals surface area (Å²) in [5.41, 5.74) is 1.17. The number of urea groups is 1. The SMILES string of the molecule is CN(CC(O)C1CC1)C(=O)NCC(c1ccccc1)N(C)C. The van der Waals surface area contributed by atoms with Crippen LogP contribution in [0.1, 0.15) is 24.4 Å². The van der Waals surface area contributed by atoms with Gasteiger partial charge in [-0.25, -0.2) is 4.79 Å². The Balaban J connectivity index is 1.84. The molecule has 1 aliphatic carbocycles. The first-order chi connectivity index (χ1) is 10.5. The standard InChI is InChI=1S/C17H27N3O2/c1-19(2)15(13-7-5-4-6-8-13)11-18-17(22)20(3)12-16(21)14-9-10-14/h4-8,14-16,21H,9-12H2,1-3H3,(H,18,22). The first kappa shape index (κ1) is 16.8. The Morgan fingerprint density at radius 3 is 2.45 bits per heavy atom. The number of nitrogens with zero attached hydrogens (tertiary/aromatic N) is 2. The van der Waals surface area contributed by atoms with Crippen LogP contribution in [0.15, 0.2) is 30.3 Å². The van der Waals surface area contributed by atoms with Gasteiger partial charge in [0.15, 0.2) is 0 Å². The third-order valence-corrected chi connectivity index (χ3v) is 4.23. The molecule has 1 saturated carbocycles. The summed E-state index contributed by atoms with van der Waals surface area (Å²) in [6.45, 7) is 0.939. The van der Waals surface area contributed by atoms with E-state index in [-0.39, 0.29) is 12.1 Å². The van der Waals surface area contributed by atoms with Gasteiger partial charge in [-0.1, -0.05) is 30.3 Å². The summed E-state index contributed by atoms with van der Waals surface area (Å²) in [4.78, 5) is 15.8. The normalized spacial score (nSPS) is 17.1. The second-order valence-electron chi connectivity index (χ2n) is 6.36. The molecule has 2 rings (SSSR count).